The number of nitrogens with zero attached hydrogens (tertiary/aromatic N) is 1. The molecule has 1 unspecified atom stereocenters. The topological polar surface area (TPSA) is 24.9 Å². The number of aromatic nitrogens is 1. The highest BCUT2D eigenvalue weighted by molar-refractivity contribution is 7.09. The van der Waals surface area contributed by atoms with Gasteiger partial charge >= 0.3 is 0 Å². The van der Waals surface area contributed by atoms with Crippen LogP contribution in [0, 0.1) is 30.1 Å². The van der Waals surface area contributed by atoms with Crippen molar-refractivity contribution >= 4 is 11.3 Å². The highest BCUT2D eigenvalue weighted by atomic mass is 32.1. The van der Waals surface area contributed by atoms with Crippen molar-refractivity contribution < 1.29 is 0 Å². The molecular weight excluding hydrogens is 276 g/mol. The van der Waals surface area contributed by atoms with E-state index < -0.39 is 0 Å². The minimum atomic E-state index is 0.586. The number of hydrogen-bond acceptors (Lipinski definition) is 3. The van der Waals surface area contributed by atoms with E-state index in [4.69, 9.17) is 4.98 Å². The number of likely N-dealkylation sites (N-methyl/N-ethyl adjacent to an activating group) is 1. The molecule has 0 amide bonds. The molecule has 4 aliphatic carbocycles. The lowest BCUT2D eigenvalue weighted by Gasteiger charge is -2.59. The lowest BCUT2D eigenvalue weighted by atomic mass is 9.47. The average Bonchev–Trinajstić information content (AvgIpc) is 2.82. The first kappa shape index (κ1) is 14.2. The molecule has 0 radical (unpaired) electrons. The fourth-order valence-corrected chi connectivity index (χ4v) is 6.69. The second kappa shape index (κ2) is 5.34. The standard InChI is InChI=1S/C18H28N2S/c1-3-19-17(7-16-11-21-12(2)20-16)18-8-13-4-14(9-18)6-15(5-13)10-18/h11,13-15,17,19H,3-10H2,1-2H3. The molecular formula is C18H28N2S. The maximum atomic E-state index is 4.74. The Morgan fingerprint density at radius 1 is 1.24 bits per heavy atom. The van der Waals surface area contributed by atoms with Crippen LogP contribution in [0.2, 0.25) is 0 Å². The van der Waals surface area contributed by atoms with E-state index in [1.54, 1.807) is 11.3 Å². The van der Waals surface area contributed by atoms with Crippen LogP contribution in [0.1, 0.15) is 56.2 Å². The third-order valence-corrected chi connectivity index (χ3v) is 7.18. The molecule has 1 N–H and O–H groups in total. The van der Waals surface area contributed by atoms with Crippen molar-refractivity contribution in [1.29, 1.82) is 0 Å². The van der Waals surface area contributed by atoms with E-state index in [-0.39, 0.29) is 0 Å². The van der Waals surface area contributed by atoms with E-state index in [0.717, 1.165) is 30.7 Å². The summed E-state index contributed by atoms with van der Waals surface area (Å²) >= 11 is 1.80. The zero-order valence-corrected chi connectivity index (χ0v) is 14.2. The number of hydrogen-bond donors (Lipinski definition) is 1. The SMILES string of the molecule is CCNC(Cc1csc(C)n1)C12CC3CC(CC(C3)C1)C2. The van der Waals surface area contributed by atoms with Crippen molar-refractivity contribution in [1.82, 2.24) is 10.3 Å². The number of rotatable bonds is 5. The van der Waals surface area contributed by atoms with Crippen LogP contribution < -0.4 is 5.32 Å². The molecule has 4 bridgehead atoms. The van der Waals surface area contributed by atoms with Crippen molar-refractivity contribution in [2.24, 2.45) is 23.2 Å². The zero-order valence-electron chi connectivity index (χ0n) is 13.4. The largest absolute Gasteiger partial charge is 0.313 e. The van der Waals surface area contributed by atoms with Gasteiger partial charge in [0.2, 0.25) is 0 Å². The number of nitrogens with one attached hydrogen (secondary N) is 1. The van der Waals surface area contributed by atoms with Gasteiger partial charge in [0.15, 0.2) is 0 Å². The minimum absolute atomic E-state index is 0.586. The van der Waals surface area contributed by atoms with Crippen LogP contribution in [0.3, 0.4) is 0 Å². The quantitative estimate of drug-likeness (QED) is 0.882. The molecule has 3 heteroatoms. The Bertz CT molecular complexity index is 472. The zero-order chi connectivity index (χ0) is 14.4. The second-order valence-corrected chi connectivity index (χ2v) is 9.01. The van der Waals surface area contributed by atoms with Crippen molar-refractivity contribution in [3.8, 4) is 0 Å². The van der Waals surface area contributed by atoms with E-state index >= 15 is 0 Å². The number of thiazole rings is 1. The molecule has 4 fully saturated rings. The molecule has 4 saturated carbocycles. The Kier molecular flexibility index (Phi) is 3.61. The van der Waals surface area contributed by atoms with Gasteiger partial charge in [0.25, 0.3) is 0 Å². The molecule has 116 valence electrons. The van der Waals surface area contributed by atoms with Crippen molar-refractivity contribution in [3.63, 3.8) is 0 Å². The molecule has 1 aromatic heterocycles. The van der Waals surface area contributed by atoms with E-state index in [1.165, 1.54) is 49.2 Å². The van der Waals surface area contributed by atoms with Crippen LogP contribution in [0.5, 0.6) is 0 Å². The maximum absolute atomic E-state index is 4.74. The molecule has 0 aromatic carbocycles. The maximum Gasteiger partial charge on any atom is 0.0897 e. The fourth-order valence-electron chi connectivity index (χ4n) is 6.07. The summed E-state index contributed by atoms with van der Waals surface area (Å²) in [6.07, 6.45) is 10.2. The van der Waals surface area contributed by atoms with Crippen molar-refractivity contribution in [2.45, 2.75) is 64.8 Å². The van der Waals surface area contributed by atoms with Gasteiger partial charge in [-0.25, -0.2) is 4.98 Å². The first-order valence-electron chi connectivity index (χ1n) is 8.81. The normalized spacial score (nSPS) is 38.9. The van der Waals surface area contributed by atoms with E-state index in [2.05, 4.69) is 24.5 Å². The summed E-state index contributed by atoms with van der Waals surface area (Å²) < 4.78 is 0. The first-order chi connectivity index (χ1) is 10.2. The van der Waals surface area contributed by atoms with Gasteiger partial charge < -0.3 is 5.32 Å². The Labute approximate surface area is 132 Å². The van der Waals surface area contributed by atoms with Gasteiger partial charge in [-0.1, -0.05) is 6.92 Å². The summed E-state index contributed by atoms with van der Waals surface area (Å²) in [4.78, 5) is 4.74. The number of aryl methyl sites for hydroxylation is 1. The molecule has 1 heterocycles. The third-order valence-electron chi connectivity index (χ3n) is 6.36. The fraction of sp³-hybridized carbons (Fsp3) is 0.833. The Balaban J connectivity index is 1.58. The second-order valence-electron chi connectivity index (χ2n) is 7.95. The summed E-state index contributed by atoms with van der Waals surface area (Å²) in [5.74, 6) is 3.11. The summed E-state index contributed by atoms with van der Waals surface area (Å²) in [6.45, 7) is 5.48. The van der Waals surface area contributed by atoms with E-state index in [1.807, 2.05) is 0 Å². The highest BCUT2D eigenvalue weighted by Gasteiger charge is 2.53. The molecule has 0 spiro atoms. The van der Waals surface area contributed by atoms with Gasteiger partial charge in [0.1, 0.15) is 0 Å². The summed E-state index contributed by atoms with van der Waals surface area (Å²) in [5, 5.41) is 7.35. The average molecular weight is 305 g/mol. The summed E-state index contributed by atoms with van der Waals surface area (Å²) in [6, 6.07) is 0.650. The Morgan fingerprint density at radius 2 is 1.86 bits per heavy atom. The molecule has 2 nitrogen and oxygen atoms in total. The van der Waals surface area contributed by atoms with E-state index in [9.17, 15) is 0 Å². The Hall–Kier alpha value is -0.410. The lowest BCUT2D eigenvalue weighted by molar-refractivity contribution is -0.0735. The lowest BCUT2D eigenvalue weighted by Crippen LogP contribution is -2.56. The minimum Gasteiger partial charge on any atom is -0.313 e. The molecule has 0 saturated heterocycles. The smallest absolute Gasteiger partial charge is 0.0897 e. The molecule has 0 aliphatic heterocycles. The predicted octanol–water partition coefficient (Wildman–Crippen LogP) is 4.19. The van der Waals surface area contributed by atoms with Crippen molar-refractivity contribution in [3.05, 3.63) is 16.1 Å². The van der Waals surface area contributed by atoms with Crippen LogP contribution >= 0.6 is 11.3 Å². The predicted molar refractivity (Wildman–Crippen MR) is 88.6 cm³/mol. The van der Waals surface area contributed by atoms with Gasteiger partial charge in [0, 0.05) is 17.8 Å². The van der Waals surface area contributed by atoms with Crippen LogP contribution in [-0.4, -0.2) is 17.6 Å². The van der Waals surface area contributed by atoms with Crippen LogP contribution in [-0.2, 0) is 6.42 Å². The van der Waals surface area contributed by atoms with Gasteiger partial charge in [-0.15, -0.1) is 11.3 Å². The summed E-state index contributed by atoms with van der Waals surface area (Å²) in [5.41, 5.74) is 1.90. The third kappa shape index (κ3) is 2.57. The molecule has 21 heavy (non-hydrogen) atoms. The van der Waals surface area contributed by atoms with Gasteiger partial charge in [-0.05, 0) is 75.2 Å². The van der Waals surface area contributed by atoms with Crippen LogP contribution in [0.15, 0.2) is 5.38 Å². The highest BCUT2D eigenvalue weighted by Crippen LogP contribution is 2.61. The van der Waals surface area contributed by atoms with Crippen LogP contribution in [0.25, 0.3) is 0 Å². The van der Waals surface area contributed by atoms with Crippen molar-refractivity contribution in [2.75, 3.05) is 6.54 Å². The molecule has 1 atom stereocenters. The molecule has 4 aliphatic rings. The molecule has 1 aromatic rings. The molecule has 5 rings (SSSR count). The van der Waals surface area contributed by atoms with Gasteiger partial charge in [-0.2, -0.15) is 0 Å². The van der Waals surface area contributed by atoms with Gasteiger partial charge in [0.05, 0.1) is 10.7 Å². The monoisotopic (exact) mass is 304 g/mol. The summed E-state index contributed by atoms with van der Waals surface area (Å²) in [7, 11) is 0. The van der Waals surface area contributed by atoms with Gasteiger partial charge in [-0.3, -0.25) is 0 Å². The first-order valence-corrected chi connectivity index (χ1v) is 9.69. The Morgan fingerprint density at radius 3 is 2.33 bits per heavy atom. The van der Waals surface area contributed by atoms with E-state index in [0.29, 0.717) is 11.5 Å². The van der Waals surface area contributed by atoms with Crippen LogP contribution in [0.4, 0.5) is 0 Å².